The van der Waals surface area contributed by atoms with Gasteiger partial charge in [-0.25, -0.2) is 0 Å². The fourth-order valence-corrected chi connectivity index (χ4v) is 1.47. The first-order valence-corrected chi connectivity index (χ1v) is 4.26. The Labute approximate surface area is 58.9 Å². The van der Waals surface area contributed by atoms with E-state index < -0.39 is 0 Å². The number of rotatable bonds is 0. The van der Waals surface area contributed by atoms with Crippen LogP contribution in [0.25, 0.3) is 0 Å². The van der Waals surface area contributed by atoms with Gasteiger partial charge in [0.1, 0.15) is 0 Å². The van der Waals surface area contributed by atoms with Gasteiger partial charge in [0.15, 0.2) is 0 Å². The molecule has 35 valence electrons. The minimum atomic E-state index is 1.26. The summed E-state index contributed by atoms with van der Waals surface area (Å²) in [5.41, 5.74) is 0. The molecule has 0 fully saturated rings. The minimum absolute atomic E-state index is 1.26. The zero-order chi connectivity index (χ0) is 5.11. The first-order chi connectivity index (χ1) is 3.39. The molecule has 1 aliphatic carbocycles. The molecule has 0 aromatic heterocycles. The molecule has 1 aliphatic rings. The Bertz CT molecular complexity index is 111. The standard InChI is InChI=1S/C6H7.Hf/c1-2-4-6-5-3-1;/h1-3H,4,6H2;. The molecule has 0 radical (unpaired) electrons. The Morgan fingerprint density at radius 1 is 1.57 bits per heavy atom. The van der Waals surface area contributed by atoms with Gasteiger partial charge in [-0.3, -0.25) is 0 Å². The normalized spacial score (nSPS) is 19.0. The first kappa shape index (κ1) is 5.49. The van der Waals surface area contributed by atoms with Crippen molar-refractivity contribution in [2.24, 2.45) is 0 Å². The molecule has 0 amide bonds. The van der Waals surface area contributed by atoms with Crippen LogP contribution < -0.4 is 0 Å². The van der Waals surface area contributed by atoms with Gasteiger partial charge >= 0.3 is 58.8 Å². The molecule has 0 heterocycles. The molecular formula is C6H7Hf. The van der Waals surface area contributed by atoms with E-state index in [9.17, 15) is 0 Å². The van der Waals surface area contributed by atoms with Gasteiger partial charge in [-0.1, -0.05) is 0 Å². The molecule has 0 aromatic carbocycles. The van der Waals surface area contributed by atoms with Crippen LogP contribution >= 0.6 is 0 Å². The fourth-order valence-electron chi connectivity index (χ4n) is 0.603. The van der Waals surface area contributed by atoms with Crippen LogP contribution in [0.5, 0.6) is 0 Å². The van der Waals surface area contributed by atoms with Gasteiger partial charge in [0, 0.05) is 0 Å². The van der Waals surface area contributed by atoms with Gasteiger partial charge in [0.25, 0.3) is 0 Å². The van der Waals surface area contributed by atoms with Crippen molar-refractivity contribution in [2.75, 3.05) is 0 Å². The van der Waals surface area contributed by atoms with Crippen LogP contribution in [0.4, 0.5) is 0 Å². The molecule has 0 aromatic rings. The predicted molar refractivity (Wildman–Crippen MR) is 26.5 cm³/mol. The van der Waals surface area contributed by atoms with E-state index in [4.69, 9.17) is 0 Å². The van der Waals surface area contributed by atoms with E-state index >= 15 is 0 Å². The van der Waals surface area contributed by atoms with E-state index in [1.807, 2.05) is 0 Å². The quantitative estimate of drug-likeness (QED) is 0.580. The van der Waals surface area contributed by atoms with E-state index in [1.54, 1.807) is 3.33 Å². The van der Waals surface area contributed by atoms with Crippen LogP contribution in [-0.4, -0.2) is 0 Å². The Morgan fingerprint density at radius 2 is 2.43 bits per heavy atom. The summed E-state index contributed by atoms with van der Waals surface area (Å²) in [5.74, 6) is 0. The van der Waals surface area contributed by atoms with E-state index in [2.05, 4.69) is 18.2 Å². The van der Waals surface area contributed by atoms with Crippen molar-refractivity contribution in [2.45, 2.75) is 12.8 Å². The predicted octanol–water partition coefficient (Wildman–Crippen LogP) is 1.77. The van der Waals surface area contributed by atoms with Crippen LogP contribution in [0, 0.1) is 0 Å². The molecule has 0 bridgehead atoms. The number of hydrogen-bond acceptors (Lipinski definition) is 0. The van der Waals surface area contributed by atoms with E-state index in [0.29, 0.717) is 0 Å². The Hall–Kier alpha value is 0.350. The van der Waals surface area contributed by atoms with E-state index in [-0.39, 0.29) is 0 Å². The van der Waals surface area contributed by atoms with Crippen LogP contribution in [0.1, 0.15) is 12.8 Å². The Kier molecular flexibility index (Phi) is 2.04. The van der Waals surface area contributed by atoms with Crippen molar-refractivity contribution in [3.8, 4) is 0 Å². The first-order valence-electron chi connectivity index (χ1n) is 2.47. The van der Waals surface area contributed by atoms with Crippen LogP contribution in [0.2, 0.25) is 0 Å². The zero-order valence-electron chi connectivity index (χ0n) is 4.15. The molecule has 0 aliphatic heterocycles. The van der Waals surface area contributed by atoms with Crippen molar-refractivity contribution in [1.29, 1.82) is 0 Å². The molecule has 0 saturated carbocycles. The maximum atomic E-state index is 2.23. The maximum absolute atomic E-state index is 2.23. The van der Waals surface area contributed by atoms with Crippen molar-refractivity contribution >= 4 is 0 Å². The summed E-state index contributed by atoms with van der Waals surface area (Å²) >= 11 is 1.26. The van der Waals surface area contributed by atoms with E-state index in [1.165, 1.54) is 37.2 Å². The molecule has 0 nitrogen and oxygen atoms in total. The van der Waals surface area contributed by atoms with Gasteiger partial charge in [-0.2, -0.15) is 0 Å². The monoisotopic (exact) mass is 259 g/mol. The summed E-state index contributed by atoms with van der Waals surface area (Å²) in [7, 11) is 0. The average molecular weight is 258 g/mol. The molecule has 1 rings (SSSR count). The SMILES string of the molecule is [Hf][C]1=CC=CCC1. The zero-order valence-corrected chi connectivity index (χ0v) is 7.74. The second-order valence-corrected chi connectivity index (χ2v) is 3.97. The molecule has 0 N–H and O–H groups in total. The summed E-state index contributed by atoms with van der Waals surface area (Å²) in [6, 6.07) is 0. The second kappa shape index (κ2) is 2.61. The van der Waals surface area contributed by atoms with Crippen molar-refractivity contribution in [1.82, 2.24) is 0 Å². The van der Waals surface area contributed by atoms with Gasteiger partial charge in [-0.15, -0.1) is 0 Å². The summed E-state index contributed by atoms with van der Waals surface area (Å²) in [5, 5.41) is 0. The third-order valence-electron chi connectivity index (χ3n) is 1.01. The second-order valence-electron chi connectivity index (χ2n) is 1.66. The topological polar surface area (TPSA) is 0 Å². The summed E-state index contributed by atoms with van der Waals surface area (Å²) in [6.45, 7) is 0. The molecule has 0 unspecified atom stereocenters. The summed E-state index contributed by atoms with van der Waals surface area (Å²) in [4.78, 5) is 0. The van der Waals surface area contributed by atoms with E-state index in [0.717, 1.165) is 0 Å². The Morgan fingerprint density at radius 3 is 2.71 bits per heavy atom. The molecule has 0 spiro atoms. The summed E-state index contributed by atoms with van der Waals surface area (Å²) < 4.78 is 1.64. The van der Waals surface area contributed by atoms with Crippen molar-refractivity contribution in [3.63, 3.8) is 0 Å². The molecular weight excluding hydrogens is 251 g/mol. The molecule has 0 saturated heterocycles. The fraction of sp³-hybridized carbons (Fsp3) is 0.333. The van der Waals surface area contributed by atoms with Gasteiger partial charge in [0.2, 0.25) is 0 Å². The molecule has 0 atom stereocenters. The number of allylic oxidation sites excluding steroid dienone is 4. The van der Waals surface area contributed by atoms with Crippen LogP contribution in [0.15, 0.2) is 21.6 Å². The Balaban J connectivity index is 2.57. The van der Waals surface area contributed by atoms with Crippen LogP contribution in [0.3, 0.4) is 0 Å². The molecule has 7 heavy (non-hydrogen) atoms. The van der Waals surface area contributed by atoms with Gasteiger partial charge < -0.3 is 0 Å². The summed E-state index contributed by atoms with van der Waals surface area (Å²) in [6.07, 6.45) is 9.21. The van der Waals surface area contributed by atoms with Gasteiger partial charge in [-0.05, 0) is 0 Å². The van der Waals surface area contributed by atoms with Gasteiger partial charge in [0.05, 0.1) is 0 Å². The van der Waals surface area contributed by atoms with Crippen molar-refractivity contribution < 1.29 is 24.4 Å². The van der Waals surface area contributed by atoms with Crippen molar-refractivity contribution in [3.05, 3.63) is 21.6 Å². The third-order valence-corrected chi connectivity index (χ3v) is 2.51. The van der Waals surface area contributed by atoms with Crippen LogP contribution in [-0.2, 0) is 24.4 Å². The average Bonchev–Trinajstić information content (AvgIpc) is 1.69. The molecule has 1 heteroatoms. The third kappa shape index (κ3) is 1.72. The number of hydrogen-bond donors (Lipinski definition) is 0.